The Balaban J connectivity index is 1.31. The van der Waals surface area contributed by atoms with Crippen molar-refractivity contribution in [2.75, 3.05) is 52.7 Å². The highest BCUT2D eigenvalue weighted by molar-refractivity contribution is 5.95. The van der Waals surface area contributed by atoms with E-state index in [1.165, 1.54) is 0 Å². The largest absolute Gasteiger partial charge is 0.490 e. The zero-order chi connectivity index (χ0) is 25.9. The van der Waals surface area contributed by atoms with Crippen LogP contribution in [-0.4, -0.2) is 63.4 Å². The quantitative estimate of drug-likeness (QED) is 0.155. The van der Waals surface area contributed by atoms with Crippen molar-refractivity contribution < 1.29 is 18.9 Å². The number of nitrogens with one attached hydrogen (secondary N) is 1. The molecule has 3 aromatic rings. The van der Waals surface area contributed by atoms with Crippen LogP contribution in [0.3, 0.4) is 0 Å². The lowest BCUT2D eigenvalue weighted by Crippen LogP contribution is -2.38. The van der Waals surface area contributed by atoms with Gasteiger partial charge in [0.2, 0.25) is 0 Å². The maximum atomic E-state index is 7.57. The first-order valence-corrected chi connectivity index (χ1v) is 12.6. The van der Waals surface area contributed by atoms with Gasteiger partial charge in [0.15, 0.2) is 11.5 Å². The minimum Gasteiger partial charge on any atom is -0.490 e. The molecule has 194 valence electrons. The third-order valence-corrected chi connectivity index (χ3v) is 6.17. The van der Waals surface area contributed by atoms with Crippen LogP contribution in [0, 0.1) is 5.41 Å². The molecule has 3 aromatic carbocycles. The Bertz CT molecular complexity index is 1170. The number of morpholine rings is 1. The first-order valence-electron chi connectivity index (χ1n) is 12.6. The Hall–Kier alpha value is -3.81. The summed E-state index contributed by atoms with van der Waals surface area (Å²) in [7, 11) is 0. The third kappa shape index (κ3) is 7.59. The van der Waals surface area contributed by atoms with Gasteiger partial charge in [0.05, 0.1) is 13.2 Å². The predicted octanol–water partition coefficient (Wildman–Crippen LogP) is 4.53. The molecule has 0 bridgehead atoms. The molecule has 4 rings (SSSR count). The zero-order valence-corrected chi connectivity index (χ0v) is 21.2. The number of benzene rings is 3. The minimum atomic E-state index is 0.0621. The van der Waals surface area contributed by atoms with E-state index in [-0.39, 0.29) is 5.84 Å². The van der Waals surface area contributed by atoms with Crippen LogP contribution < -0.4 is 19.9 Å². The summed E-state index contributed by atoms with van der Waals surface area (Å²) < 4.78 is 23.5. The van der Waals surface area contributed by atoms with Crippen LogP contribution in [0.2, 0.25) is 0 Å². The molecule has 1 aliphatic heterocycles. The molecule has 0 radical (unpaired) electrons. The summed E-state index contributed by atoms with van der Waals surface area (Å²) >= 11 is 0. The molecule has 0 aliphatic carbocycles. The summed E-state index contributed by atoms with van der Waals surface area (Å²) in [4.78, 5) is 2.34. The van der Waals surface area contributed by atoms with Crippen LogP contribution in [0.4, 0.5) is 0 Å². The van der Waals surface area contributed by atoms with Gasteiger partial charge in [-0.05, 0) is 47.4 Å². The minimum absolute atomic E-state index is 0.0621. The fourth-order valence-electron chi connectivity index (χ4n) is 4.16. The van der Waals surface area contributed by atoms with Gasteiger partial charge in [0, 0.05) is 25.2 Å². The van der Waals surface area contributed by atoms with Gasteiger partial charge in [-0.15, -0.1) is 6.58 Å². The van der Waals surface area contributed by atoms with Gasteiger partial charge < -0.3 is 24.7 Å². The van der Waals surface area contributed by atoms with Gasteiger partial charge in [-0.3, -0.25) is 10.3 Å². The smallest absolute Gasteiger partial charge is 0.161 e. The fourth-order valence-corrected chi connectivity index (χ4v) is 4.16. The topological polar surface area (TPSA) is 90.0 Å². The number of nitrogen functional groups attached to an aromatic ring is 1. The average Bonchev–Trinajstić information content (AvgIpc) is 2.93. The van der Waals surface area contributed by atoms with Crippen molar-refractivity contribution in [1.29, 1.82) is 5.41 Å². The molecule has 7 heteroatoms. The second-order valence-corrected chi connectivity index (χ2v) is 8.75. The molecule has 1 aliphatic rings. The number of rotatable bonds is 13. The summed E-state index contributed by atoms with van der Waals surface area (Å²) in [6, 6.07) is 21.5. The van der Waals surface area contributed by atoms with Gasteiger partial charge in [-0.2, -0.15) is 0 Å². The summed E-state index contributed by atoms with van der Waals surface area (Å²) in [5, 5.41) is 7.57. The summed E-state index contributed by atoms with van der Waals surface area (Å²) in [6.45, 7) is 9.61. The highest BCUT2D eigenvalue weighted by atomic mass is 16.5. The summed E-state index contributed by atoms with van der Waals surface area (Å²) in [5.74, 6) is 2.32. The summed E-state index contributed by atoms with van der Waals surface area (Å²) in [5.41, 5.74) is 9.45. The van der Waals surface area contributed by atoms with Gasteiger partial charge in [-0.25, -0.2) is 0 Å². The van der Waals surface area contributed by atoms with E-state index in [0.717, 1.165) is 61.0 Å². The standard InChI is InChI=1S/C30H35N3O4/c1-2-5-26-22-25(23-8-10-24(11-9-23)30(31)32)12-13-27(26)36-20-21-37-29-7-4-3-6-28(29)35-19-16-33-14-17-34-18-15-33/h2-4,6-13,22H,1,5,14-21H2,(H3,31,32). The molecule has 37 heavy (non-hydrogen) atoms. The van der Waals surface area contributed by atoms with E-state index in [9.17, 15) is 0 Å². The van der Waals surface area contributed by atoms with E-state index in [1.807, 2.05) is 66.7 Å². The number of hydrogen-bond acceptors (Lipinski definition) is 6. The molecular weight excluding hydrogens is 466 g/mol. The molecule has 1 saturated heterocycles. The van der Waals surface area contributed by atoms with Crippen LogP contribution in [0.25, 0.3) is 11.1 Å². The highest BCUT2D eigenvalue weighted by Crippen LogP contribution is 2.29. The lowest BCUT2D eigenvalue weighted by molar-refractivity contribution is 0.0320. The Morgan fingerprint density at radius 1 is 0.865 bits per heavy atom. The Morgan fingerprint density at radius 3 is 2.14 bits per heavy atom. The first-order chi connectivity index (χ1) is 18.1. The average molecular weight is 502 g/mol. The van der Waals surface area contributed by atoms with Gasteiger partial charge >= 0.3 is 0 Å². The second kappa shape index (κ2) is 13.5. The Labute approximate surface area is 218 Å². The summed E-state index contributed by atoms with van der Waals surface area (Å²) in [6.07, 6.45) is 2.56. The van der Waals surface area contributed by atoms with Crippen molar-refractivity contribution >= 4 is 5.84 Å². The number of hydrogen-bond donors (Lipinski definition) is 2. The van der Waals surface area contributed by atoms with Gasteiger partial charge in [0.25, 0.3) is 0 Å². The lowest BCUT2D eigenvalue weighted by atomic mass is 9.99. The molecule has 0 atom stereocenters. The van der Waals surface area contributed by atoms with Crippen molar-refractivity contribution in [1.82, 2.24) is 4.90 Å². The predicted molar refractivity (Wildman–Crippen MR) is 147 cm³/mol. The van der Waals surface area contributed by atoms with Crippen molar-refractivity contribution in [2.45, 2.75) is 6.42 Å². The number of nitrogens with two attached hydrogens (primary N) is 1. The van der Waals surface area contributed by atoms with Crippen molar-refractivity contribution in [3.05, 3.63) is 90.5 Å². The monoisotopic (exact) mass is 501 g/mol. The SMILES string of the molecule is C=CCc1cc(-c2ccc(C(=N)N)cc2)ccc1OCCOc1ccccc1OCCN1CCOCC1. The van der Waals surface area contributed by atoms with Crippen LogP contribution in [0.1, 0.15) is 11.1 Å². The number of amidine groups is 1. The van der Waals surface area contributed by atoms with Crippen LogP contribution in [0.5, 0.6) is 17.2 Å². The first kappa shape index (κ1) is 26.3. The van der Waals surface area contributed by atoms with E-state index in [4.69, 9.17) is 30.1 Å². The van der Waals surface area contributed by atoms with Gasteiger partial charge in [0.1, 0.15) is 31.4 Å². The normalized spacial score (nSPS) is 13.6. The number of para-hydroxylation sites is 2. The molecule has 0 amide bonds. The molecular formula is C30H35N3O4. The lowest BCUT2D eigenvalue weighted by Gasteiger charge is -2.26. The van der Waals surface area contributed by atoms with E-state index >= 15 is 0 Å². The highest BCUT2D eigenvalue weighted by Gasteiger charge is 2.11. The fraction of sp³-hybridized carbons (Fsp3) is 0.300. The third-order valence-electron chi connectivity index (χ3n) is 6.17. The van der Waals surface area contributed by atoms with Gasteiger partial charge in [-0.1, -0.05) is 48.5 Å². The Morgan fingerprint density at radius 2 is 1.49 bits per heavy atom. The second-order valence-electron chi connectivity index (χ2n) is 8.75. The Kier molecular flexibility index (Phi) is 9.57. The van der Waals surface area contributed by atoms with Crippen LogP contribution >= 0.6 is 0 Å². The zero-order valence-electron chi connectivity index (χ0n) is 21.2. The van der Waals surface area contributed by atoms with E-state index in [2.05, 4.69) is 17.5 Å². The maximum Gasteiger partial charge on any atom is 0.161 e. The molecule has 0 saturated carbocycles. The van der Waals surface area contributed by atoms with Crippen molar-refractivity contribution in [3.8, 4) is 28.4 Å². The van der Waals surface area contributed by atoms with Crippen molar-refractivity contribution in [2.24, 2.45) is 5.73 Å². The van der Waals surface area contributed by atoms with E-state index in [1.54, 1.807) is 0 Å². The molecule has 7 nitrogen and oxygen atoms in total. The number of nitrogens with zero attached hydrogens (tertiary/aromatic N) is 1. The van der Waals surface area contributed by atoms with E-state index < -0.39 is 0 Å². The van der Waals surface area contributed by atoms with E-state index in [0.29, 0.717) is 37.6 Å². The molecule has 0 unspecified atom stereocenters. The van der Waals surface area contributed by atoms with Crippen LogP contribution in [-0.2, 0) is 11.2 Å². The molecule has 1 fully saturated rings. The van der Waals surface area contributed by atoms with Crippen LogP contribution in [0.15, 0.2) is 79.4 Å². The molecule has 0 spiro atoms. The molecule has 0 aromatic heterocycles. The molecule has 3 N–H and O–H groups in total. The number of allylic oxidation sites excluding steroid dienone is 1. The maximum absolute atomic E-state index is 7.57. The van der Waals surface area contributed by atoms with Crippen molar-refractivity contribution in [3.63, 3.8) is 0 Å². The molecule has 1 heterocycles. The number of ether oxygens (including phenoxy) is 4.